The van der Waals surface area contributed by atoms with Crippen molar-refractivity contribution in [1.29, 1.82) is 0 Å². The Bertz CT molecular complexity index is 557. The summed E-state index contributed by atoms with van der Waals surface area (Å²) in [6.45, 7) is 0.0679. The van der Waals surface area contributed by atoms with Crippen molar-refractivity contribution in [1.82, 2.24) is 5.32 Å². The SMILES string of the molecule is O=C(NC(CCO)C1CCCCC1)C1Cc2cc(F)ccc2O1. The molecular formula is C18H24FNO3. The minimum absolute atomic E-state index is 0.00292. The molecule has 2 N–H and O–H groups in total. The van der Waals surface area contributed by atoms with Crippen LogP contribution in [0.15, 0.2) is 18.2 Å². The van der Waals surface area contributed by atoms with E-state index in [1.54, 1.807) is 6.07 Å². The van der Waals surface area contributed by atoms with Crippen molar-refractivity contribution < 1.29 is 19.0 Å². The lowest BCUT2D eigenvalue weighted by atomic mass is 9.82. The molecule has 5 heteroatoms. The van der Waals surface area contributed by atoms with Crippen LogP contribution in [0.1, 0.15) is 44.1 Å². The third-order valence-corrected chi connectivity index (χ3v) is 4.98. The average molecular weight is 321 g/mol. The van der Waals surface area contributed by atoms with Gasteiger partial charge in [-0.05, 0) is 43.4 Å². The first-order valence-corrected chi connectivity index (χ1v) is 8.53. The highest BCUT2D eigenvalue weighted by molar-refractivity contribution is 5.82. The molecule has 1 heterocycles. The van der Waals surface area contributed by atoms with E-state index < -0.39 is 6.10 Å². The molecule has 1 saturated carbocycles. The lowest BCUT2D eigenvalue weighted by Crippen LogP contribution is -2.47. The second kappa shape index (κ2) is 7.30. The Morgan fingerprint density at radius 3 is 2.87 bits per heavy atom. The molecule has 2 aliphatic rings. The topological polar surface area (TPSA) is 58.6 Å². The molecule has 0 aromatic heterocycles. The molecule has 0 spiro atoms. The number of halogens is 1. The maximum atomic E-state index is 13.3. The fourth-order valence-corrected chi connectivity index (χ4v) is 3.74. The molecule has 0 saturated heterocycles. The van der Waals surface area contributed by atoms with Gasteiger partial charge in [0, 0.05) is 24.6 Å². The smallest absolute Gasteiger partial charge is 0.261 e. The fraction of sp³-hybridized carbons (Fsp3) is 0.611. The Balaban J connectivity index is 1.61. The molecule has 1 fully saturated rings. The number of nitrogens with one attached hydrogen (secondary N) is 1. The van der Waals surface area contributed by atoms with Gasteiger partial charge in [-0.3, -0.25) is 4.79 Å². The molecule has 2 unspecified atom stereocenters. The standard InChI is InChI=1S/C18H24FNO3/c19-14-6-7-16-13(10-14)11-17(23-16)18(22)20-15(8-9-21)12-4-2-1-3-5-12/h6-7,10,12,15,17,21H,1-5,8-9,11H2,(H,20,22). The maximum absolute atomic E-state index is 13.3. The van der Waals surface area contributed by atoms with Gasteiger partial charge in [-0.2, -0.15) is 0 Å². The monoisotopic (exact) mass is 321 g/mol. The lowest BCUT2D eigenvalue weighted by molar-refractivity contribution is -0.128. The first-order chi connectivity index (χ1) is 11.2. The largest absolute Gasteiger partial charge is 0.480 e. The van der Waals surface area contributed by atoms with Crippen LogP contribution in [0.5, 0.6) is 5.75 Å². The van der Waals surface area contributed by atoms with Crippen LogP contribution in [-0.4, -0.2) is 29.8 Å². The van der Waals surface area contributed by atoms with Crippen LogP contribution in [0, 0.1) is 11.7 Å². The van der Waals surface area contributed by atoms with E-state index in [9.17, 15) is 14.3 Å². The molecular weight excluding hydrogens is 297 g/mol. The van der Waals surface area contributed by atoms with E-state index in [0.717, 1.165) is 18.4 Å². The summed E-state index contributed by atoms with van der Waals surface area (Å²) in [7, 11) is 0. The number of aliphatic hydroxyl groups excluding tert-OH is 1. The van der Waals surface area contributed by atoms with Gasteiger partial charge in [0.1, 0.15) is 11.6 Å². The summed E-state index contributed by atoms with van der Waals surface area (Å²) < 4.78 is 18.9. The predicted octanol–water partition coefficient (Wildman–Crippen LogP) is 2.58. The number of fused-ring (bicyclic) bond motifs is 1. The molecule has 1 aliphatic carbocycles. The summed E-state index contributed by atoms with van der Waals surface area (Å²) in [4.78, 5) is 12.5. The van der Waals surface area contributed by atoms with Gasteiger partial charge in [0.25, 0.3) is 5.91 Å². The molecule has 4 nitrogen and oxygen atoms in total. The lowest BCUT2D eigenvalue weighted by Gasteiger charge is -2.31. The van der Waals surface area contributed by atoms with E-state index in [1.807, 2.05) is 0 Å². The van der Waals surface area contributed by atoms with E-state index in [2.05, 4.69) is 5.32 Å². The molecule has 0 bridgehead atoms. The summed E-state index contributed by atoms with van der Waals surface area (Å²) >= 11 is 0. The van der Waals surface area contributed by atoms with Crippen molar-refractivity contribution in [2.24, 2.45) is 5.92 Å². The molecule has 1 aliphatic heterocycles. The van der Waals surface area contributed by atoms with E-state index in [1.165, 1.54) is 31.4 Å². The van der Waals surface area contributed by atoms with Crippen LogP contribution < -0.4 is 10.1 Å². The number of benzene rings is 1. The Morgan fingerprint density at radius 1 is 1.35 bits per heavy atom. The quantitative estimate of drug-likeness (QED) is 0.876. The minimum atomic E-state index is -0.600. The molecule has 126 valence electrons. The molecule has 2 atom stereocenters. The molecule has 3 rings (SSSR count). The number of hydrogen-bond acceptors (Lipinski definition) is 3. The first-order valence-electron chi connectivity index (χ1n) is 8.53. The molecule has 1 aromatic carbocycles. The van der Waals surface area contributed by atoms with E-state index in [4.69, 9.17) is 4.74 Å². The Hall–Kier alpha value is -1.62. The Kier molecular flexibility index (Phi) is 5.16. The van der Waals surface area contributed by atoms with Crippen molar-refractivity contribution >= 4 is 5.91 Å². The highest BCUT2D eigenvalue weighted by Gasteiger charge is 2.32. The van der Waals surface area contributed by atoms with Crippen LogP contribution in [0.25, 0.3) is 0 Å². The normalized spacial score (nSPS) is 22.3. The van der Waals surface area contributed by atoms with E-state index in [0.29, 0.717) is 24.5 Å². The van der Waals surface area contributed by atoms with Gasteiger partial charge in [0.15, 0.2) is 6.10 Å². The van der Waals surface area contributed by atoms with E-state index in [-0.39, 0.29) is 24.4 Å². The minimum Gasteiger partial charge on any atom is -0.480 e. The third kappa shape index (κ3) is 3.83. The van der Waals surface area contributed by atoms with Gasteiger partial charge in [0.05, 0.1) is 0 Å². The summed E-state index contributed by atoms with van der Waals surface area (Å²) in [6.07, 6.45) is 6.20. The number of carbonyl (C=O) groups is 1. The zero-order chi connectivity index (χ0) is 16.2. The fourth-order valence-electron chi connectivity index (χ4n) is 3.74. The first kappa shape index (κ1) is 16.2. The molecule has 1 amide bonds. The Labute approximate surface area is 136 Å². The number of amides is 1. The van der Waals surface area contributed by atoms with Crippen molar-refractivity contribution in [3.05, 3.63) is 29.6 Å². The third-order valence-electron chi connectivity index (χ3n) is 4.98. The number of ether oxygens (including phenoxy) is 1. The number of carbonyl (C=O) groups excluding carboxylic acids is 1. The van der Waals surface area contributed by atoms with Gasteiger partial charge in [0.2, 0.25) is 0 Å². The summed E-state index contributed by atoms with van der Waals surface area (Å²) in [5.74, 6) is 0.545. The van der Waals surface area contributed by atoms with Crippen molar-refractivity contribution in [2.75, 3.05) is 6.61 Å². The summed E-state index contributed by atoms with van der Waals surface area (Å²) in [5, 5.41) is 12.4. The van der Waals surface area contributed by atoms with Crippen LogP contribution in [-0.2, 0) is 11.2 Å². The van der Waals surface area contributed by atoms with Crippen LogP contribution in [0.2, 0.25) is 0 Å². The van der Waals surface area contributed by atoms with Crippen molar-refractivity contribution in [3.63, 3.8) is 0 Å². The van der Waals surface area contributed by atoms with Crippen LogP contribution in [0.4, 0.5) is 4.39 Å². The van der Waals surface area contributed by atoms with E-state index >= 15 is 0 Å². The summed E-state index contributed by atoms with van der Waals surface area (Å²) in [5.41, 5.74) is 0.738. The zero-order valence-corrected chi connectivity index (χ0v) is 13.3. The van der Waals surface area contributed by atoms with Crippen molar-refractivity contribution in [3.8, 4) is 5.75 Å². The number of rotatable bonds is 5. The molecule has 1 aromatic rings. The zero-order valence-electron chi connectivity index (χ0n) is 13.3. The summed E-state index contributed by atoms with van der Waals surface area (Å²) in [6, 6.07) is 4.34. The van der Waals surface area contributed by atoms with Crippen LogP contribution in [0.3, 0.4) is 0 Å². The van der Waals surface area contributed by atoms with Gasteiger partial charge < -0.3 is 15.2 Å². The predicted molar refractivity (Wildman–Crippen MR) is 84.7 cm³/mol. The van der Waals surface area contributed by atoms with Gasteiger partial charge >= 0.3 is 0 Å². The van der Waals surface area contributed by atoms with Gasteiger partial charge in [-0.1, -0.05) is 19.3 Å². The average Bonchev–Trinajstić information content (AvgIpc) is 2.98. The van der Waals surface area contributed by atoms with Gasteiger partial charge in [-0.25, -0.2) is 4.39 Å². The molecule has 0 radical (unpaired) electrons. The van der Waals surface area contributed by atoms with Gasteiger partial charge in [-0.15, -0.1) is 0 Å². The number of aliphatic hydroxyl groups is 1. The van der Waals surface area contributed by atoms with Crippen LogP contribution >= 0.6 is 0 Å². The Morgan fingerprint density at radius 2 is 2.13 bits per heavy atom. The molecule has 23 heavy (non-hydrogen) atoms. The van der Waals surface area contributed by atoms with Crippen molar-refractivity contribution in [2.45, 2.75) is 57.1 Å². The second-order valence-electron chi connectivity index (χ2n) is 6.59. The maximum Gasteiger partial charge on any atom is 0.261 e. The second-order valence-corrected chi connectivity index (χ2v) is 6.59. The highest BCUT2D eigenvalue weighted by Crippen LogP contribution is 2.31. The number of hydrogen-bond donors (Lipinski definition) is 2. The highest BCUT2D eigenvalue weighted by atomic mass is 19.1.